The van der Waals surface area contributed by atoms with E-state index in [1.807, 2.05) is 11.8 Å². The van der Waals surface area contributed by atoms with E-state index in [1.54, 1.807) is 0 Å². The van der Waals surface area contributed by atoms with Gasteiger partial charge < -0.3 is 11.1 Å². The lowest BCUT2D eigenvalue weighted by molar-refractivity contribution is -0.135. The predicted molar refractivity (Wildman–Crippen MR) is 73.0 cm³/mol. The Kier molecular flexibility index (Phi) is 4.36. The number of rotatable bonds is 5. The topological polar surface area (TPSA) is 55.1 Å². The number of hydrogen-bond acceptors (Lipinski definition) is 3. The maximum atomic E-state index is 12.2. The van der Waals surface area contributed by atoms with Crippen LogP contribution in [0.3, 0.4) is 0 Å². The fourth-order valence-electron chi connectivity index (χ4n) is 2.92. The van der Waals surface area contributed by atoms with Crippen molar-refractivity contribution in [1.82, 2.24) is 5.32 Å². The lowest BCUT2D eigenvalue weighted by Crippen LogP contribution is -2.52. The summed E-state index contributed by atoms with van der Waals surface area (Å²) in [6.07, 6.45) is 6.65. The number of carbonyl (C=O) groups excluding carboxylic acids is 1. The standard InChI is InChI=1S/C13H24N2OS/c1-2-17-11-5-4-10(8-11)15-12(16)13(9-14)6-3-7-13/h10-11H,2-9,14H2,1H3,(H,15,16). The lowest BCUT2D eigenvalue weighted by Gasteiger charge is -2.39. The van der Waals surface area contributed by atoms with E-state index in [0.29, 0.717) is 12.6 Å². The van der Waals surface area contributed by atoms with Crippen molar-refractivity contribution in [2.45, 2.75) is 56.7 Å². The first kappa shape index (κ1) is 13.2. The zero-order valence-corrected chi connectivity index (χ0v) is 11.5. The van der Waals surface area contributed by atoms with E-state index in [4.69, 9.17) is 5.73 Å². The molecule has 2 atom stereocenters. The molecule has 3 nitrogen and oxygen atoms in total. The molecule has 2 rings (SSSR count). The van der Waals surface area contributed by atoms with Crippen LogP contribution < -0.4 is 11.1 Å². The Labute approximate surface area is 108 Å². The summed E-state index contributed by atoms with van der Waals surface area (Å²) in [7, 11) is 0. The SMILES string of the molecule is CCSC1CCC(NC(=O)C2(CN)CCC2)C1. The van der Waals surface area contributed by atoms with Gasteiger partial charge in [0.25, 0.3) is 0 Å². The van der Waals surface area contributed by atoms with Gasteiger partial charge in [-0.15, -0.1) is 0 Å². The Hall–Kier alpha value is -0.220. The molecular formula is C13H24N2OS. The van der Waals surface area contributed by atoms with Crippen LogP contribution in [0, 0.1) is 5.41 Å². The van der Waals surface area contributed by atoms with Gasteiger partial charge in [0.1, 0.15) is 0 Å². The van der Waals surface area contributed by atoms with Crippen molar-refractivity contribution in [1.29, 1.82) is 0 Å². The largest absolute Gasteiger partial charge is 0.353 e. The van der Waals surface area contributed by atoms with Gasteiger partial charge in [-0.3, -0.25) is 4.79 Å². The molecule has 1 amide bonds. The Morgan fingerprint density at radius 1 is 1.47 bits per heavy atom. The Balaban J connectivity index is 1.80. The fraction of sp³-hybridized carbons (Fsp3) is 0.923. The Bertz CT molecular complexity index is 273. The van der Waals surface area contributed by atoms with Crippen LogP contribution >= 0.6 is 11.8 Å². The summed E-state index contributed by atoms with van der Waals surface area (Å²) in [6.45, 7) is 2.72. The highest BCUT2D eigenvalue weighted by Gasteiger charge is 2.43. The maximum Gasteiger partial charge on any atom is 0.227 e. The Morgan fingerprint density at radius 2 is 2.24 bits per heavy atom. The molecule has 0 aromatic carbocycles. The molecule has 2 aliphatic rings. The summed E-state index contributed by atoms with van der Waals surface area (Å²) < 4.78 is 0. The first-order chi connectivity index (χ1) is 8.20. The van der Waals surface area contributed by atoms with E-state index >= 15 is 0 Å². The third-order valence-corrected chi connectivity index (χ3v) is 5.54. The van der Waals surface area contributed by atoms with Crippen LogP contribution in [0.5, 0.6) is 0 Å². The molecule has 0 aromatic heterocycles. The summed E-state index contributed by atoms with van der Waals surface area (Å²) in [4.78, 5) is 12.2. The predicted octanol–water partition coefficient (Wildman–Crippen LogP) is 1.91. The second-order valence-corrected chi connectivity index (χ2v) is 6.98. The molecule has 0 saturated heterocycles. The van der Waals surface area contributed by atoms with E-state index in [0.717, 1.165) is 37.4 Å². The molecule has 0 radical (unpaired) electrons. The third-order valence-electron chi connectivity index (χ3n) is 4.31. The molecule has 0 bridgehead atoms. The van der Waals surface area contributed by atoms with Crippen molar-refractivity contribution in [2.75, 3.05) is 12.3 Å². The molecule has 2 aliphatic carbocycles. The molecule has 0 spiro atoms. The average molecular weight is 256 g/mol. The number of nitrogens with one attached hydrogen (secondary N) is 1. The van der Waals surface area contributed by atoms with Crippen LogP contribution in [0.4, 0.5) is 0 Å². The van der Waals surface area contributed by atoms with Crippen molar-refractivity contribution in [3.05, 3.63) is 0 Å². The zero-order valence-electron chi connectivity index (χ0n) is 10.7. The first-order valence-electron chi connectivity index (χ1n) is 6.83. The minimum Gasteiger partial charge on any atom is -0.353 e. The Morgan fingerprint density at radius 3 is 2.76 bits per heavy atom. The van der Waals surface area contributed by atoms with E-state index in [9.17, 15) is 4.79 Å². The van der Waals surface area contributed by atoms with Crippen LogP contribution in [-0.4, -0.2) is 29.5 Å². The zero-order chi connectivity index (χ0) is 12.3. The van der Waals surface area contributed by atoms with Gasteiger partial charge in [0, 0.05) is 17.8 Å². The smallest absolute Gasteiger partial charge is 0.227 e. The van der Waals surface area contributed by atoms with Gasteiger partial charge in [-0.2, -0.15) is 11.8 Å². The number of hydrogen-bond donors (Lipinski definition) is 2. The van der Waals surface area contributed by atoms with E-state index in [-0.39, 0.29) is 11.3 Å². The van der Waals surface area contributed by atoms with E-state index < -0.39 is 0 Å². The number of carbonyl (C=O) groups is 1. The molecule has 0 aromatic rings. The van der Waals surface area contributed by atoms with Crippen molar-refractivity contribution in [3.8, 4) is 0 Å². The van der Waals surface area contributed by atoms with Crippen LogP contribution in [-0.2, 0) is 4.79 Å². The van der Waals surface area contributed by atoms with Gasteiger partial charge in [-0.25, -0.2) is 0 Å². The molecule has 2 fully saturated rings. The molecule has 0 aliphatic heterocycles. The lowest BCUT2D eigenvalue weighted by atomic mass is 9.68. The second kappa shape index (κ2) is 5.61. The average Bonchev–Trinajstić information content (AvgIpc) is 2.65. The van der Waals surface area contributed by atoms with Gasteiger partial charge in [0.15, 0.2) is 0 Å². The van der Waals surface area contributed by atoms with Crippen LogP contribution in [0.2, 0.25) is 0 Å². The minimum atomic E-state index is -0.212. The van der Waals surface area contributed by atoms with Crippen molar-refractivity contribution in [3.63, 3.8) is 0 Å². The normalized spacial score (nSPS) is 30.9. The quantitative estimate of drug-likeness (QED) is 0.790. The van der Waals surface area contributed by atoms with Crippen LogP contribution in [0.1, 0.15) is 45.4 Å². The van der Waals surface area contributed by atoms with E-state index in [2.05, 4.69) is 12.2 Å². The third kappa shape index (κ3) is 2.79. The van der Waals surface area contributed by atoms with Gasteiger partial charge in [-0.1, -0.05) is 13.3 Å². The highest BCUT2D eigenvalue weighted by atomic mass is 32.2. The van der Waals surface area contributed by atoms with Gasteiger partial charge >= 0.3 is 0 Å². The van der Waals surface area contributed by atoms with Gasteiger partial charge in [-0.05, 0) is 37.9 Å². The molecule has 98 valence electrons. The summed E-state index contributed by atoms with van der Waals surface area (Å²) >= 11 is 2.03. The number of nitrogens with two attached hydrogens (primary N) is 1. The number of thioether (sulfide) groups is 1. The molecule has 17 heavy (non-hydrogen) atoms. The van der Waals surface area contributed by atoms with Gasteiger partial charge in [0.05, 0.1) is 5.41 Å². The second-order valence-electron chi connectivity index (χ2n) is 5.40. The van der Waals surface area contributed by atoms with Gasteiger partial charge in [0.2, 0.25) is 5.91 Å². The minimum absolute atomic E-state index is 0.212. The van der Waals surface area contributed by atoms with Crippen LogP contribution in [0.25, 0.3) is 0 Å². The molecular weight excluding hydrogens is 232 g/mol. The fourth-order valence-corrected chi connectivity index (χ4v) is 4.07. The summed E-state index contributed by atoms with van der Waals surface area (Å²) in [5.74, 6) is 1.40. The summed E-state index contributed by atoms with van der Waals surface area (Å²) in [5.41, 5.74) is 5.54. The van der Waals surface area contributed by atoms with Crippen LogP contribution in [0.15, 0.2) is 0 Å². The molecule has 3 N–H and O–H groups in total. The molecule has 0 heterocycles. The molecule has 2 unspecified atom stereocenters. The first-order valence-corrected chi connectivity index (χ1v) is 7.87. The number of amides is 1. The summed E-state index contributed by atoms with van der Waals surface area (Å²) in [6, 6.07) is 0.399. The van der Waals surface area contributed by atoms with Crippen molar-refractivity contribution >= 4 is 17.7 Å². The summed E-state index contributed by atoms with van der Waals surface area (Å²) in [5, 5.41) is 3.98. The van der Waals surface area contributed by atoms with E-state index in [1.165, 1.54) is 12.2 Å². The molecule has 4 heteroatoms. The maximum absolute atomic E-state index is 12.2. The highest BCUT2D eigenvalue weighted by molar-refractivity contribution is 7.99. The highest BCUT2D eigenvalue weighted by Crippen LogP contribution is 2.40. The van der Waals surface area contributed by atoms with Crippen molar-refractivity contribution < 1.29 is 4.79 Å². The van der Waals surface area contributed by atoms with Crippen molar-refractivity contribution in [2.24, 2.45) is 11.1 Å². The monoisotopic (exact) mass is 256 g/mol. The molecule has 2 saturated carbocycles.